The third-order valence-electron chi connectivity index (χ3n) is 3.68. The molecule has 0 radical (unpaired) electrons. The highest BCUT2D eigenvalue weighted by Crippen LogP contribution is 2.24. The van der Waals surface area contributed by atoms with E-state index in [2.05, 4.69) is 10.0 Å². The number of nitrogens with one attached hydrogen (secondary N) is 2. The van der Waals surface area contributed by atoms with Gasteiger partial charge in [0.2, 0.25) is 15.9 Å². The van der Waals surface area contributed by atoms with Crippen molar-refractivity contribution in [2.45, 2.75) is 18.4 Å². The van der Waals surface area contributed by atoms with Gasteiger partial charge in [-0.15, -0.1) is 0 Å². The molecule has 140 valence electrons. The minimum absolute atomic E-state index is 0.00274. The molecule has 0 aromatic heterocycles. The van der Waals surface area contributed by atoms with Crippen molar-refractivity contribution < 1.29 is 22.7 Å². The molecule has 0 heterocycles. The molecular formula is C18H22N2O5S. The number of ether oxygens (including phenoxy) is 2. The third kappa shape index (κ3) is 5.21. The summed E-state index contributed by atoms with van der Waals surface area (Å²) in [6.07, 6.45) is 0. The number of benzene rings is 2. The second-order valence-electron chi connectivity index (χ2n) is 5.60. The van der Waals surface area contributed by atoms with E-state index >= 15 is 0 Å². The molecule has 0 aliphatic heterocycles. The summed E-state index contributed by atoms with van der Waals surface area (Å²) in [4.78, 5) is 11.9. The number of hydrogen-bond donors (Lipinski definition) is 2. The van der Waals surface area contributed by atoms with Crippen molar-refractivity contribution >= 4 is 15.9 Å². The van der Waals surface area contributed by atoms with Crippen molar-refractivity contribution in [1.82, 2.24) is 10.0 Å². The number of carbonyl (C=O) groups is 1. The zero-order valence-corrected chi connectivity index (χ0v) is 15.7. The van der Waals surface area contributed by atoms with Gasteiger partial charge >= 0.3 is 0 Å². The zero-order chi connectivity index (χ0) is 19.2. The Morgan fingerprint density at radius 3 is 2.35 bits per heavy atom. The monoisotopic (exact) mass is 378 g/mol. The lowest BCUT2D eigenvalue weighted by Gasteiger charge is -2.12. The second kappa shape index (κ2) is 8.68. The number of amides is 1. The molecular weight excluding hydrogens is 356 g/mol. The van der Waals surface area contributed by atoms with E-state index in [1.165, 1.54) is 13.2 Å². The Kier molecular flexibility index (Phi) is 6.59. The number of hydrogen-bond acceptors (Lipinski definition) is 5. The molecule has 0 bridgehead atoms. The minimum Gasteiger partial charge on any atom is -0.497 e. The van der Waals surface area contributed by atoms with Crippen molar-refractivity contribution in [3.05, 3.63) is 53.6 Å². The highest BCUT2D eigenvalue weighted by Gasteiger charge is 2.20. The molecule has 0 saturated heterocycles. The van der Waals surface area contributed by atoms with Crippen LogP contribution in [0.1, 0.15) is 11.1 Å². The molecule has 0 atom stereocenters. The number of methoxy groups -OCH3 is 2. The molecule has 7 nitrogen and oxygen atoms in total. The van der Waals surface area contributed by atoms with Gasteiger partial charge in [-0.1, -0.05) is 18.2 Å². The van der Waals surface area contributed by atoms with Crippen LogP contribution in [0.4, 0.5) is 0 Å². The first-order valence-corrected chi connectivity index (χ1v) is 9.38. The maximum absolute atomic E-state index is 12.4. The van der Waals surface area contributed by atoms with E-state index in [9.17, 15) is 13.2 Å². The summed E-state index contributed by atoms with van der Waals surface area (Å²) in [5, 5.41) is 2.66. The van der Waals surface area contributed by atoms with E-state index in [-0.39, 0.29) is 17.2 Å². The van der Waals surface area contributed by atoms with Crippen molar-refractivity contribution in [2.24, 2.45) is 0 Å². The highest BCUT2D eigenvalue weighted by molar-refractivity contribution is 7.89. The fourth-order valence-electron chi connectivity index (χ4n) is 2.24. The van der Waals surface area contributed by atoms with Crippen LogP contribution in [0.15, 0.2) is 47.4 Å². The molecule has 0 aliphatic carbocycles. The Morgan fingerprint density at radius 1 is 1.04 bits per heavy atom. The summed E-state index contributed by atoms with van der Waals surface area (Å²) in [6, 6.07) is 12.0. The largest absolute Gasteiger partial charge is 0.497 e. The van der Waals surface area contributed by atoms with Gasteiger partial charge in [0.25, 0.3) is 0 Å². The van der Waals surface area contributed by atoms with Crippen molar-refractivity contribution in [3.8, 4) is 11.5 Å². The number of sulfonamides is 1. The van der Waals surface area contributed by atoms with Gasteiger partial charge in [0.1, 0.15) is 16.4 Å². The van der Waals surface area contributed by atoms with E-state index in [0.717, 1.165) is 16.9 Å². The van der Waals surface area contributed by atoms with Crippen LogP contribution < -0.4 is 19.5 Å². The van der Waals surface area contributed by atoms with Crippen molar-refractivity contribution in [3.63, 3.8) is 0 Å². The first kappa shape index (κ1) is 19.7. The maximum atomic E-state index is 12.4. The van der Waals surface area contributed by atoms with Gasteiger partial charge in [-0.25, -0.2) is 13.1 Å². The lowest BCUT2D eigenvalue weighted by Crippen LogP contribution is -2.36. The van der Waals surface area contributed by atoms with Gasteiger partial charge in [0.15, 0.2) is 0 Å². The van der Waals surface area contributed by atoms with E-state index in [1.54, 1.807) is 38.3 Å². The standard InChI is InChI=1S/C18H22N2O5S/c1-13-4-9-16(25-3)17(10-13)26(22,23)20-12-18(21)19-11-14-5-7-15(24-2)8-6-14/h4-10,20H,11-12H2,1-3H3,(H,19,21). The van der Waals surface area contributed by atoms with Gasteiger partial charge in [-0.3, -0.25) is 4.79 Å². The maximum Gasteiger partial charge on any atom is 0.244 e. The predicted molar refractivity (Wildman–Crippen MR) is 97.8 cm³/mol. The van der Waals surface area contributed by atoms with Crippen molar-refractivity contribution in [2.75, 3.05) is 20.8 Å². The van der Waals surface area contributed by atoms with Crippen LogP contribution in [0.3, 0.4) is 0 Å². The van der Waals surface area contributed by atoms with Crippen LogP contribution in [0.2, 0.25) is 0 Å². The van der Waals surface area contributed by atoms with Crippen LogP contribution in [-0.2, 0) is 21.4 Å². The fourth-order valence-corrected chi connectivity index (χ4v) is 3.47. The molecule has 26 heavy (non-hydrogen) atoms. The van der Waals surface area contributed by atoms with Gasteiger partial charge in [0.05, 0.1) is 20.8 Å². The van der Waals surface area contributed by atoms with E-state index < -0.39 is 15.9 Å². The summed E-state index contributed by atoms with van der Waals surface area (Å²) in [7, 11) is -0.895. The molecule has 0 unspecified atom stereocenters. The normalized spacial score (nSPS) is 11.0. The quantitative estimate of drug-likeness (QED) is 0.728. The molecule has 2 rings (SSSR count). The third-order valence-corrected chi connectivity index (χ3v) is 5.10. The summed E-state index contributed by atoms with van der Waals surface area (Å²) < 4.78 is 37.3. The molecule has 0 saturated carbocycles. The van der Waals surface area contributed by atoms with E-state index in [0.29, 0.717) is 6.54 Å². The molecule has 2 N–H and O–H groups in total. The Hall–Kier alpha value is -2.58. The fraction of sp³-hybridized carbons (Fsp3) is 0.278. The molecule has 2 aromatic carbocycles. The smallest absolute Gasteiger partial charge is 0.244 e. The number of carbonyl (C=O) groups excluding carboxylic acids is 1. The molecule has 2 aromatic rings. The van der Waals surface area contributed by atoms with Gasteiger partial charge in [-0.05, 0) is 42.3 Å². The average molecular weight is 378 g/mol. The first-order chi connectivity index (χ1) is 12.4. The molecule has 0 fully saturated rings. The molecule has 0 aliphatic rings. The van der Waals surface area contributed by atoms with Crippen LogP contribution >= 0.6 is 0 Å². The van der Waals surface area contributed by atoms with Gasteiger partial charge < -0.3 is 14.8 Å². The minimum atomic E-state index is -3.86. The number of aryl methyl sites for hydroxylation is 1. The van der Waals surface area contributed by atoms with Crippen LogP contribution in [-0.4, -0.2) is 35.1 Å². The van der Waals surface area contributed by atoms with Crippen LogP contribution in [0.25, 0.3) is 0 Å². The molecule has 8 heteroatoms. The Morgan fingerprint density at radius 2 is 1.73 bits per heavy atom. The summed E-state index contributed by atoms with van der Waals surface area (Å²) >= 11 is 0. The lowest BCUT2D eigenvalue weighted by atomic mass is 10.2. The Balaban J connectivity index is 1.94. The zero-order valence-electron chi connectivity index (χ0n) is 14.9. The Bertz CT molecular complexity index is 864. The summed E-state index contributed by atoms with van der Waals surface area (Å²) in [5.74, 6) is 0.512. The molecule has 0 spiro atoms. The van der Waals surface area contributed by atoms with Gasteiger partial charge in [0, 0.05) is 6.54 Å². The van der Waals surface area contributed by atoms with Crippen molar-refractivity contribution in [1.29, 1.82) is 0 Å². The Labute approximate surface area is 153 Å². The van der Waals surface area contributed by atoms with E-state index in [1.807, 2.05) is 12.1 Å². The molecule has 1 amide bonds. The summed E-state index contributed by atoms with van der Waals surface area (Å²) in [5.41, 5.74) is 1.65. The number of rotatable bonds is 8. The average Bonchev–Trinajstić information content (AvgIpc) is 2.65. The highest BCUT2D eigenvalue weighted by atomic mass is 32.2. The van der Waals surface area contributed by atoms with Crippen LogP contribution in [0, 0.1) is 6.92 Å². The van der Waals surface area contributed by atoms with Gasteiger partial charge in [-0.2, -0.15) is 0 Å². The SMILES string of the molecule is COc1ccc(CNC(=O)CNS(=O)(=O)c2cc(C)ccc2OC)cc1. The topological polar surface area (TPSA) is 93.7 Å². The first-order valence-electron chi connectivity index (χ1n) is 7.89. The summed E-state index contributed by atoms with van der Waals surface area (Å²) in [6.45, 7) is 1.70. The van der Waals surface area contributed by atoms with E-state index in [4.69, 9.17) is 9.47 Å². The van der Waals surface area contributed by atoms with Crippen LogP contribution in [0.5, 0.6) is 11.5 Å². The predicted octanol–water partition coefficient (Wildman–Crippen LogP) is 1.61. The lowest BCUT2D eigenvalue weighted by molar-refractivity contribution is -0.120. The second-order valence-corrected chi connectivity index (χ2v) is 7.34.